The van der Waals surface area contributed by atoms with E-state index in [-0.39, 0.29) is 18.4 Å². The maximum absolute atomic E-state index is 12.2. The van der Waals surface area contributed by atoms with Crippen molar-refractivity contribution in [3.63, 3.8) is 0 Å². The number of likely N-dealkylation sites (tertiary alicyclic amines) is 1. The summed E-state index contributed by atoms with van der Waals surface area (Å²) in [4.78, 5) is 2.92. The van der Waals surface area contributed by atoms with Gasteiger partial charge < -0.3 is 5.73 Å². The van der Waals surface area contributed by atoms with Gasteiger partial charge in [-0.15, -0.1) is 12.4 Å². The van der Waals surface area contributed by atoms with Gasteiger partial charge in [-0.1, -0.05) is 30.8 Å². The van der Waals surface area contributed by atoms with Crippen LogP contribution in [-0.2, 0) is 6.54 Å². The van der Waals surface area contributed by atoms with Crippen LogP contribution in [-0.4, -0.2) is 29.8 Å². The number of alkyl halides is 2. The fourth-order valence-corrected chi connectivity index (χ4v) is 2.76. The molecule has 2 nitrogen and oxygen atoms in total. The first kappa shape index (κ1) is 16.7. The second-order valence-electron chi connectivity index (χ2n) is 4.86. The first-order valence-corrected chi connectivity index (χ1v) is 6.94. The second-order valence-corrected chi connectivity index (χ2v) is 5.92. The normalized spacial score (nSPS) is 23.6. The van der Waals surface area contributed by atoms with Crippen molar-refractivity contribution in [2.24, 2.45) is 11.7 Å². The van der Waals surface area contributed by atoms with Crippen molar-refractivity contribution in [1.82, 2.24) is 4.90 Å². The molecule has 1 heterocycles. The minimum atomic E-state index is -2.35. The first-order chi connectivity index (χ1) is 8.54. The molecule has 0 spiro atoms. The summed E-state index contributed by atoms with van der Waals surface area (Å²) in [6, 6.07) is 7.59. The Bertz CT molecular complexity index is 379. The molecular weight excluding hydrogens is 290 g/mol. The molecule has 2 N–H and O–H groups in total. The van der Waals surface area contributed by atoms with Crippen LogP contribution in [0.15, 0.2) is 29.2 Å². The standard InChI is InChI=1S/C13H18F2N2S.ClH/c1-9-6-17(8-12(9)16)7-10-2-4-11(5-3-10)18-13(14)15;/h2-5,9,12-13H,6-8,16H2,1H3;1H. The minimum absolute atomic E-state index is 0. The maximum Gasteiger partial charge on any atom is 0.288 e. The van der Waals surface area contributed by atoms with E-state index in [0.29, 0.717) is 22.6 Å². The van der Waals surface area contributed by atoms with Crippen molar-refractivity contribution in [2.45, 2.75) is 30.2 Å². The molecule has 0 aliphatic carbocycles. The predicted octanol–water partition coefficient (Wildman–Crippen LogP) is 3.20. The molecule has 0 radical (unpaired) electrons. The summed E-state index contributed by atoms with van der Waals surface area (Å²) in [6.45, 7) is 4.92. The fourth-order valence-electron chi connectivity index (χ4n) is 2.26. The van der Waals surface area contributed by atoms with Crippen molar-refractivity contribution in [2.75, 3.05) is 13.1 Å². The van der Waals surface area contributed by atoms with E-state index in [0.717, 1.165) is 25.2 Å². The van der Waals surface area contributed by atoms with Gasteiger partial charge in [0, 0.05) is 30.6 Å². The number of thioether (sulfide) groups is 1. The molecule has 0 bridgehead atoms. The Labute approximate surface area is 123 Å². The lowest BCUT2D eigenvalue weighted by Gasteiger charge is -2.15. The highest BCUT2D eigenvalue weighted by Gasteiger charge is 2.26. The highest BCUT2D eigenvalue weighted by atomic mass is 35.5. The Morgan fingerprint density at radius 2 is 1.95 bits per heavy atom. The summed E-state index contributed by atoms with van der Waals surface area (Å²) >= 11 is 0.584. The highest BCUT2D eigenvalue weighted by Crippen LogP contribution is 2.25. The van der Waals surface area contributed by atoms with Crippen LogP contribution in [0.4, 0.5) is 8.78 Å². The Morgan fingerprint density at radius 3 is 2.42 bits per heavy atom. The number of hydrogen-bond donors (Lipinski definition) is 1. The Hall–Kier alpha value is -0.360. The molecule has 108 valence electrons. The van der Waals surface area contributed by atoms with Crippen LogP contribution in [0.5, 0.6) is 0 Å². The van der Waals surface area contributed by atoms with E-state index in [2.05, 4.69) is 11.8 Å². The van der Waals surface area contributed by atoms with Gasteiger partial charge in [-0.3, -0.25) is 4.90 Å². The summed E-state index contributed by atoms with van der Waals surface area (Å²) in [6.07, 6.45) is 0. The van der Waals surface area contributed by atoms with Crippen LogP contribution < -0.4 is 5.73 Å². The average molecular weight is 309 g/mol. The molecule has 6 heteroatoms. The molecule has 1 aromatic rings. The van der Waals surface area contributed by atoms with Crippen LogP contribution in [0.25, 0.3) is 0 Å². The lowest BCUT2D eigenvalue weighted by Crippen LogP contribution is -2.28. The summed E-state index contributed by atoms with van der Waals surface area (Å²) in [7, 11) is 0. The van der Waals surface area contributed by atoms with E-state index in [1.54, 1.807) is 12.1 Å². The van der Waals surface area contributed by atoms with Gasteiger partial charge in [-0.2, -0.15) is 8.78 Å². The van der Waals surface area contributed by atoms with Crippen molar-refractivity contribution in [3.05, 3.63) is 29.8 Å². The molecule has 1 saturated heterocycles. The van der Waals surface area contributed by atoms with E-state index in [4.69, 9.17) is 5.73 Å². The molecule has 1 aromatic carbocycles. The van der Waals surface area contributed by atoms with Gasteiger partial charge in [-0.25, -0.2) is 0 Å². The molecular formula is C13H19ClF2N2S. The summed E-state index contributed by atoms with van der Waals surface area (Å²) in [5, 5.41) is 0. The quantitative estimate of drug-likeness (QED) is 0.866. The molecule has 19 heavy (non-hydrogen) atoms. The van der Waals surface area contributed by atoms with Crippen molar-refractivity contribution < 1.29 is 8.78 Å². The topological polar surface area (TPSA) is 29.3 Å². The second kappa shape index (κ2) is 7.43. The number of benzene rings is 1. The van der Waals surface area contributed by atoms with Gasteiger partial charge in [0.05, 0.1) is 0 Å². The van der Waals surface area contributed by atoms with E-state index in [1.165, 1.54) is 0 Å². The molecule has 0 saturated carbocycles. The van der Waals surface area contributed by atoms with E-state index < -0.39 is 5.76 Å². The predicted molar refractivity (Wildman–Crippen MR) is 78.0 cm³/mol. The summed E-state index contributed by atoms with van der Waals surface area (Å²) in [5.74, 6) is -1.83. The smallest absolute Gasteiger partial charge is 0.288 e. The van der Waals surface area contributed by atoms with Crippen LogP contribution >= 0.6 is 24.2 Å². The molecule has 1 aliphatic rings. The van der Waals surface area contributed by atoms with Crippen molar-refractivity contribution >= 4 is 24.2 Å². The zero-order chi connectivity index (χ0) is 13.1. The molecule has 1 fully saturated rings. The monoisotopic (exact) mass is 308 g/mol. The van der Waals surface area contributed by atoms with E-state index >= 15 is 0 Å². The summed E-state index contributed by atoms with van der Waals surface area (Å²) < 4.78 is 24.4. The van der Waals surface area contributed by atoms with Gasteiger partial charge in [-0.05, 0) is 23.6 Å². The zero-order valence-corrected chi connectivity index (χ0v) is 12.4. The Balaban J connectivity index is 0.00000180. The Kier molecular flexibility index (Phi) is 6.53. The van der Waals surface area contributed by atoms with E-state index in [1.807, 2.05) is 12.1 Å². The molecule has 2 rings (SSSR count). The number of nitrogens with zero attached hydrogens (tertiary/aromatic N) is 1. The van der Waals surface area contributed by atoms with Gasteiger partial charge in [0.2, 0.25) is 0 Å². The van der Waals surface area contributed by atoms with Crippen molar-refractivity contribution in [3.8, 4) is 0 Å². The van der Waals surface area contributed by atoms with Crippen LogP contribution in [0.2, 0.25) is 0 Å². The van der Waals surface area contributed by atoms with Gasteiger partial charge in [0.25, 0.3) is 5.76 Å². The number of rotatable bonds is 4. The number of halogens is 3. The van der Waals surface area contributed by atoms with Crippen LogP contribution in [0, 0.1) is 5.92 Å². The van der Waals surface area contributed by atoms with E-state index in [9.17, 15) is 8.78 Å². The third-order valence-electron chi connectivity index (χ3n) is 3.30. The first-order valence-electron chi connectivity index (χ1n) is 6.06. The van der Waals surface area contributed by atoms with Gasteiger partial charge in [0.1, 0.15) is 0 Å². The van der Waals surface area contributed by atoms with Gasteiger partial charge in [0.15, 0.2) is 0 Å². The largest absolute Gasteiger partial charge is 0.326 e. The summed E-state index contributed by atoms with van der Waals surface area (Å²) in [5.41, 5.74) is 7.12. The minimum Gasteiger partial charge on any atom is -0.326 e. The third-order valence-corrected chi connectivity index (χ3v) is 4.02. The van der Waals surface area contributed by atoms with Gasteiger partial charge >= 0.3 is 0 Å². The fraction of sp³-hybridized carbons (Fsp3) is 0.538. The third kappa shape index (κ3) is 4.91. The zero-order valence-electron chi connectivity index (χ0n) is 10.8. The molecule has 2 atom stereocenters. The molecule has 0 aromatic heterocycles. The number of nitrogens with two attached hydrogens (primary N) is 1. The van der Waals surface area contributed by atoms with Crippen LogP contribution in [0.3, 0.4) is 0 Å². The van der Waals surface area contributed by atoms with Crippen LogP contribution in [0.1, 0.15) is 12.5 Å². The highest BCUT2D eigenvalue weighted by molar-refractivity contribution is 7.99. The molecule has 0 amide bonds. The Morgan fingerprint density at radius 1 is 1.32 bits per heavy atom. The SMILES string of the molecule is CC1CN(Cc2ccc(SC(F)F)cc2)CC1N.Cl. The van der Waals surface area contributed by atoms with Crippen molar-refractivity contribution in [1.29, 1.82) is 0 Å². The lowest BCUT2D eigenvalue weighted by molar-refractivity contribution is 0.252. The molecule has 2 unspecified atom stereocenters. The lowest BCUT2D eigenvalue weighted by atomic mass is 10.1. The number of hydrogen-bond acceptors (Lipinski definition) is 3. The molecule has 1 aliphatic heterocycles. The average Bonchev–Trinajstić information content (AvgIpc) is 2.60. The maximum atomic E-state index is 12.2.